The lowest BCUT2D eigenvalue weighted by Gasteiger charge is -2.22. The Kier molecular flexibility index (Phi) is 3.39. The monoisotopic (exact) mass is 420 g/mol. The lowest BCUT2D eigenvalue weighted by molar-refractivity contribution is -0.289. The fourth-order valence-electron chi connectivity index (χ4n) is 2.53. The Hall–Kier alpha value is -3.78. The second-order valence-electron chi connectivity index (χ2n) is 5.89. The molecule has 0 saturated carbocycles. The van der Waals surface area contributed by atoms with E-state index in [1.165, 1.54) is 0 Å². The Bertz CT molecular complexity index is 1470. The van der Waals surface area contributed by atoms with Gasteiger partial charge in [0.2, 0.25) is 0 Å². The average Bonchev–Trinajstić information content (AvgIpc) is 2.81. The van der Waals surface area contributed by atoms with Crippen LogP contribution in [-0.4, -0.2) is 11.2 Å². The van der Waals surface area contributed by atoms with Crippen molar-refractivity contribution in [2.24, 2.45) is 0 Å². The summed E-state index contributed by atoms with van der Waals surface area (Å²) in [4.78, 5) is 6.68. The molecule has 1 heterocycles. The number of pyridine rings is 1. The highest BCUT2D eigenvalue weighted by Crippen LogP contribution is 2.45. The molecule has 30 heavy (non-hydrogen) atoms. The van der Waals surface area contributed by atoms with Gasteiger partial charge in [-0.05, 0) is 41.7 Å². The SMILES string of the molecule is [2H]c1c([2H])c(-c2cc(-c3cc(C(F)(F)C(F)(F)F)c(C([2H])([2H])[2H])cn3)ccc2C#N)c([2H])c([2H])c1[N+]#[C-]. The molecule has 0 bridgehead atoms. The number of halogens is 5. The van der Waals surface area contributed by atoms with Crippen LogP contribution in [0.2, 0.25) is 0 Å². The van der Waals surface area contributed by atoms with Crippen LogP contribution in [-0.2, 0) is 5.92 Å². The van der Waals surface area contributed by atoms with Gasteiger partial charge in [0.15, 0.2) is 5.69 Å². The van der Waals surface area contributed by atoms with Crippen LogP contribution in [0.3, 0.4) is 0 Å². The molecule has 3 aromatic rings. The van der Waals surface area contributed by atoms with E-state index in [0.717, 1.165) is 18.2 Å². The molecule has 0 fully saturated rings. The minimum atomic E-state index is -6.12. The molecule has 1 aromatic heterocycles. The molecular weight excluding hydrogens is 401 g/mol. The maximum Gasteiger partial charge on any atom is 0.458 e. The van der Waals surface area contributed by atoms with Gasteiger partial charge in [-0.1, -0.05) is 30.2 Å². The van der Waals surface area contributed by atoms with Crippen molar-refractivity contribution in [3.05, 3.63) is 82.7 Å². The predicted octanol–water partition coefficient (Wildman–Crippen LogP) is 6.80. The van der Waals surface area contributed by atoms with Crippen molar-refractivity contribution in [2.75, 3.05) is 0 Å². The third kappa shape index (κ3) is 3.72. The third-order valence-electron chi connectivity index (χ3n) is 4.03. The summed E-state index contributed by atoms with van der Waals surface area (Å²) in [7, 11) is 0. The summed E-state index contributed by atoms with van der Waals surface area (Å²) in [6, 6.07) is 2.51. The van der Waals surface area contributed by atoms with Crippen LogP contribution >= 0.6 is 0 Å². The molecule has 3 nitrogen and oxygen atoms in total. The summed E-state index contributed by atoms with van der Waals surface area (Å²) in [6.07, 6.45) is -5.75. The molecule has 0 N–H and O–H groups in total. The van der Waals surface area contributed by atoms with E-state index in [9.17, 15) is 27.2 Å². The fraction of sp³-hybridized carbons (Fsp3) is 0.136. The van der Waals surface area contributed by atoms with Gasteiger partial charge in [-0.2, -0.15) is 27.2 Å². The van der Waals surface area contributed by atoms with E-state index in [0.29, 0.717) is 6.20 Å². The zero-order valence-corrected chi connectivity index (χ0v) is 14.6. The normalized spacial score (nSPS) is 15.4. The van der Waals surface area contributed by atoms with Gasteiger partial charge in [-0.25, -0.2) is 4.85 Å². The number of aromatic nitrogens is 1. The van der Waals surface area contributed by atoms with Gasteiger partial charge in [0, 0.05) is 24.2 Å². The van der Waals surface area contributed by atoms with Crippen molar-refractivity contribution in [2.45, 2.75) is 19.0 Å². The molecule has 0 amide bonds. The molecule has 0 radical (unpaired) electrons. The minimum Gasteiger partial charge on any atom is -0.256 e. The highest BCUT2D eigenvalue weighted by atomic mass is 19.4. The first-order valence-electron chi connectivity index (χ1n) is 11.5. The van der Waals surface area contributed by atoms with Crippen LogP contribution in [0.15, 0.2) is 54.6 Å². The molecule has 0 atom stereocenters. The molecule has 0 spiro atoms. The summed E-state index contributed by atoms with van der Waals surface area (Å²) in [5, 5.41) is 9.51. The van der Waals surface area contributed by atoms with E-state index >= 15 is 0 Å². The number of benzene rings is 2. The van der Waals surface area contributed by atoms with Crippen LogP contribution < -0.4 is 0 Å². The second kappa shape index (κ2) is 7.57. The summed E-state index contributed by atoms with van der Waals surface area (Å²) in [5.74, 6) is -5.55. The van der Waals surface area contributed by atoms with E-state index in [4.69, 9.17) is 16.2 Å². The van der Waals surface area contributed by atoms with E-state index in [1.807, 2.05) is 0 Å². The average molecular weight is 420 g/mol. The van der Waals surface area contributed by atoms with Gasteiger partial charge < -0.3 is 0 Å². The summed E-state index contributed by atoms with van der Waals surface area (Å²) >= 11 is 0. The third-order valence-corrected chi connectivity index (χ3v) is 4.03. The molecular formula is C22H12F5N3. The minimum absolute atomic E-state index is 0.184. The van der Waals surface area contributed by atoms with Crippen LogP contribution in [0.25, 0.3) is 27.2 Å². The van der Waals surface area contributed by atoms with Crippen LogP contribution in [0, 0.1) is 24.8 Å². The standard InChI is InChI=1S/C22H12F5N3/c1-13-12-30-20(10-19(13)21(23,24)22(25,26)27)15-3-4-16(11-28)18(9-15)14-5-7-17(29-2)8-6-14/h3-10,12H,1H3/i1D3,5D,6D,7D,8D. The molecule has 0 aliphatic rings. The zero-order chi connectivity index (χ0) is 28.1. The maximum atomic E-state index is 14.3. The van der Waals surface area contributed by atoms with Crippen LogP contribution in [0.1, 0.15) is 26.3 Å². The van der Waals surface area contributed by atoms with E-state index in [1.54, 1.807) is 6.07 Å². The Morgan fingerprint density at radius 1 is 1.10 bits per heavy atom. The van der Waals surface area contributed by atoms with Gasteiger partial charge in [0.25, 0.3) is 0 Å². The smallest absolute Gasteiger partial charge is 0.256 e. The largest absolute Gasteiger partial charge is 0.458 e. The molecule has 0 saturated heterocycles. The number of nitriles is 1. The van der Waals surface area contributed by atoms with E-state index < -0.39 is 71.2 Å². The van der Waals surface area contributed by atoms with Gasteiger partial charge >= 0.3 is 12.1 Å². The lowest BCUT2D eigenvalue weighted by atomic mass is 9.95. The van der Waals surface area contributed by atoms with Crippen molar-refractivity contribution in [1.29, 1.82) is 5.26 Å². The first kappa shape index (κ1) is 13.4. The topological polar surface area (TPSA) is 41.0 Å². The number of rotatable bonds is 3. The van der Waals surface area contributed by atoms with Gasteiger partial charge in [0.1, 0.15) is 0 Å². The summed E-state index contributed by atoms with van der Waals surface area (Å²) in [6.45, 7) is 3.71. The predicted molar refractivity (Wildman–Crippen MR) is 101 cm³/mol. The lowest BCUT2D eigenvalue weighted by Crippen LogP contribution is -2.34. The molecule has 2 aromatic carbocycles. The van der Waals surface area contributed by atoms with Crippen molar-refractivity contribution in [3.63, 3.8) is 0 Å². The quantitative estimate of drug-likeness (QED) is 0.345. The number of aryl methyl sites for hydroxylation is 1. The fourth-order valence-corrected chi connectivity index (χ4v) is 2.53. The molecule has 0 aliphatic carbocycles. The number of hydrogen-bond donors (Lipinski definition) is 0. The second-order valence-corrected chi connectivity index (χ2v) is 5.89. The molecule has 0 aliphatic heterocycles. The van der Waals surface area contributed by atoms with Crippen molar-refractivity contribution in [3.8, 4) is 28.5 Å². The molecule has 3 rings (SSSR count). The van der Waals surface area contributed by atoms with Crippen LogP contribution in [0.5, 0.6) is 0 Å². The van der Waals surface area contributed by atoms with Gasteiger partial charge in [-0.15, -0.1) is 0 Å². The zero-order valence-electron chi connectivity index (χ0n) is 21.6. The number of hydrogen-bond acceptors (Lipinski definition) is 2. The number of alkyl halides is 5. The Balaban J connectivity index is 2.36. The Morgan fingerprint density at radius 3 is 2.37 bits per heavy atom. The molecule has 8 heteroatoms. The molecule has 0 unspecified atom stereocenters. The first-order valence-corrected chi connectivity index (χ1v) is 7.95. The van der Waals surface area contributed by atoms with E-state index in [-0.39, 0.29) is 22.8 Å². The molecule has 150 valence electrons. The Morgan fingerprint density at radius 2 is 1.80 bits per heavy atom. The highest BCUT2D eigenvalue weighted by molar-refractivity contribution is 5.77. The summed E-state index contributed by atoms with van der Waals surface area (Å²) < 4.78 is 122. The Labute approximate surface area is 178 Å². The van der Waals surface area contributed by atoms with Gasteiger partial charge in [0.05, 0.1) is 26.6 Å². The highest BCUT2D eigenvalue weighted by Gasteiger charge is 2.59. The van der Waals surface area contributed by atoms with Crippen molar-refractivity contribution < 1.29 is 31.5 Å². The van der Waals surface area contributed by atoms with E-state index in [2.05, 4.69) is 9.83 Å². The summed E-state index contributed by atoms with van der Waals surface area (Å²) in [5.41, 5.74) is -5.31. The van der Waals surface area contributed by atoms with Crippen molar-refractivity contribution >= 4 is 5.69 Å². The first-order chi connectivity index (χ1) is 17.0. The maximum absolute atomic E-state index is 14.3. The van der Waals surface area contributed by atoms with Gasteiger partial charge in [-0.3, -0.25) is 4.98 Å². The van der Waals surface area contributed by atoms with Crippen LogP contribution in [0.4, 0.5) is 27.6 Å². The number of nitrogens with zero attached hydrogens (tertiary/aromatic N) is 3. The van der Waals surface area contributed by atoms with Crippen molar-refractivity contribution in [1.82, 2.24) is 4.98 Å².